The van der Waals surface area contributed by atoms with Crippen molar-refractivity contribution in [2.75, 3.05) is 6.54 Å². The van der Waals surface area contributed by atoms with Crippen LogP contribution in [0.25, 0.3) is 0 Å². The number of hydrogen-bond donors (Lipinski definition) is 1. The highest BCUT2D eigenvalue weighted by molar-refractivity contribution is 5.10. The van der Waals surface area contributed by atoms with Crippen LogP contribution in [0.15, 0.2) is 6.33 Å². The van der Waals surface area contributed by atoms with Gasteiger partial charge in [0.15, 0.2) is 0 Å². The van der Waals surface area contributed by atoms with Gasteiger partial charge in [-0.3, -0.25) is 0 Å². The zero-order chi connectivity index (χ0) is 7.56. The van der Waals surface area contributed by atoms with Crippen molar-refractivity contribution in [3.05, 3.63) is 17.7 Å². The van der Waals surface area contributed by atoms with Crippen LogP contribution in [-0.2, 0) is 13.5 Å². The molecule has 10 heavy (non-hydrogen) atoms. The van der Waals surface area contributed by atoms with Gasteiger partial charge < -0.3 is 10.3 Å². The maximum atomic E-state index is 5.39. The molecule has 1 heterocycles. The minimum atomic E-state index is 0.678. The van der Waals surface area contributed by atoms with E-state index in [0.717, 1.165) is 12.1 Å². The van der Waals surface area contributed by atoms with Crippen LogP contribution in [0.5, 0.6) is 0 Å². The van der Waals surface area contributed by atoms with Gasteiger partial charge in [0.1, 0.15) is 0 Å². The molecule has 0 unspecified atom stereocenters. The number of nitrogens with two attached hydrogens (primary N) is 1. The average Bonchev–Trinajstić information content (AvgIpc) is 2.20. The molecule has 0 amide bonds. The molecule has 3 heteroatoms. The lowest BCUT2D eigenvalue weighted by molar-refractivity contribution is 0.859. The number of aromatic nitrogens is 2. The predicted octanol–water partition coefficient (Wildman–Crippen LogP) is 0.230. The summed E-state index contributed by atoms with van der Waals surface area (Å²) in [6.07, 6.45) is 2.70. The van der Waals surface area contributed by atoms with Crippen LogP contribution in [0, 0.1) is 6.92 Å². The van der Waals surface area contributed by atoms with E-state index in [9.17, 15) is 0 Å². The standard InChI is InChI=1S/C7H13N3/c1-6-7(3-4-8)9-5-10(6)2/h5H,3-4,8H2,1-2H3. The normalized spacial score (nSPS) is 10.3. The maximum Gasteiger partial charge on any atom is 0.0948 e. The lowest BCUT2D eigenvalue weighted by atomic mass is 10.2. The van der Waals surface area contributed by atoms with E-state index in [1.807, 2.05) is 17.9 Å². The molecule has 0 spiro atoms. The second-order valence-corrected chi connectivity index (χ2v) is 2.43. The molecule has 0 aromatic carbocycles. The van der Waals surface area contributed by atoms with Crippen molar-refractivity contribution in [1.29, 1.82) is 0 Å². The quantitative estimate of drug-likeness (QED) is 0.637. The zero-order valence-electron chi connectivity index (χ0n) is 6.46. The van der Waals surface area contributed by atoms with Crippen molar-refractivity contribution in [1.82, 2.24) is 9.55 Å². The van der Waals surface area contributed by atoms with E-state index >= 15 is 0 Å². The summed E-state index contributed by atoms with van der Waals surface area (Å²) in [5, 5.41) is 0. The first-order chi connectivity index (χ1) is 4.75. The van der Waals surface area contributed by atoms with Crippen LogP contribution >= 0.6 is 0 Å². The van der Waals surface area contributed by atoms with Crippen LogP contribution < -0.4 is 5.73 Å². The highest BCUT2D eigenvalue weighted by Crippen LogP contribution is 2.03. The summed E-state index contributed by atoms with van der Waals surface area (Å²) in [5.41, 5.74) is 7.72. The lowest BCUT2D eigenvalue weighted by Gasteiger charge is -1.96. The average molecular weight is 139 g/mol. The van der Waals surface area contributed by atoms with E-state index in [1.165, 1.54) is 5.69 Å². The van der Waals surface area contributed by atoms with Crippen molar-refractivity contribution < 1.29 is 0 Å². The van der Waals surface area contributed by atoms with Crippen molar-refractivity contribution in [2.45, 2.75) is 13.3 Å². The first kappa shape index (κ1) is 7.28. The minimum Gasteiger partial charge on any atom is -0.338 e. The fraction of sp³-hybridized carbons (Fsp3) is 0.571. The van der Waals surface area contributed by atoms with Crippen molar-refractivity contribution in [3.8, 4) is 0 Å². The van der Waals surface area contributed by atoms with Crippen molar-refractivity contribution in [2.24, 2.45) is 12.8 Å². The summed E-state index contributed by atoms with van der Waals surface area (Å²) in [7, 11) is 1.99. The third kappa shape index (κ3) is 1.19. The third-order valence-electron chi connectivity index (χ3n) is 1.71. The molecule has 0 saturated carbocycles. The number of hydrogen-bond acceptors (Lipinski definition) is 2. The van der Waals surface area contributed by atoms with Gasteiger partial charge in [0, 0.05) is 19.2 Å². The van der Waals surface area contributed by atoms with Gasteiger partial charge in [0.2, 0.25) is 0 Å². The van der Waals surface area contributed by atoms with E-state index in [2.05, 4.69) is 11.9 Å². The molecule has 56 valence electrons. The Balaban J connectivity index is 2.83. The Morgan fingerprint density at radius 1 is 1.70 bits per heavy atom. The van der Waals surface area contributed by atoms with Gasteiger partial charge in [-0.1, -0.05) is 0 Å². The number of rotatable bonds is 2. The molecule has 0 saturated heterocycles. The molecular weight excluding hydrogens is 126 g/mol. The lowest BCUT2D eigenvalue weighted by Crippen LogP contribution is -2.04. The maximum absolute atomic E-state index is 5.39. The van der Waals surface area contributed by atoms with E-state index in [-0.39, 0.29) is 0 Å². The Bertz CT molecular complexity index is 215. The molecule has 0 radical (unpaired) electrons. The molecular formula is C7H13N3. The molecule has 0 atom stereocenters. The largest absolute Gasteiger partial charge is 0.338 e. The van der Waals surface area contributed by atoms with Gasteiger partial charge in [-0.2, -0.15) is 0 Å². The van der Waals surface area contributed by atoms with Crippen molar-refractivity contribution >= 4 is 0 Å². The number of aryl methyl sites for hydroxylation is 1. The highest BCUT2D eigenvalue weighted by atomic mass is 15.0. The SMILES string of the molecule is Cc1c(CCN)ncn1C. The Kier molecular flexibility index (Phi) is 2.06. The summed E-state index contributed by atoms with van der Waals surface area (Å²) in [4.78, 5) is 4.19. The van der Waals surface area contributed by atoms with Crippen LogP contribution in [0.3, 0.4) is 0 Å². The molecule has 3 nitrogen and oxygen atoms in total. The van der Waals surface area contributed by atoms with Gasteiger partial charge in [0.05, 0.1) is 12.0 Å². The number of nitrogens with zero attached hydrogens (tertiary/aromatic N) is 2. The first-order valence-corrected chi connectivity index (χ1v) is 3.42. The first-order valence-electron chi connectivity index (χ1n) is 3.42. The van der Waals surface area contributed by atoms with Crippen LogP contribution in [0.1, 0.15) is 11.4 Å². The molecule has 0 aliphatic heterocycles. The fourth-order valence-electron chi connectivity index (χ4n) is 0.922. The Morgan fingerprint density at radius 2 is 2.40 bits per heavy atom. The molecule has 0 bridgehead atoms. The highest BCUT2D eigenvalue weighted by Gasteiger charge is 2.00. The van der Waals surface area contributed by atoms with E-state index in [1.54, 1.807) is 0 Å². The molecule has 1 aromatic heterocycles. The van der Waals surface area contributed by atoms with Gasteiger partial charge in [0.25, 0.3) is 0 Å². The van der Waals surface area contributed by atoms with Crippen LogP contribution in [0.2, 0.25) is 0 Å². The Morgan fingerprint density at radius 3 is 2.80 bits per heavy atom. The monoisotopic (exact) mass is 139 g/mol. The third-order valence-corrected chi connectivity index (χ3v) is 1.71. The van der Waals surface area contributed by atoms with E-state index in [4.69, 9.17) is 5.73 Å². The summed E-state index contributed by atoms with van der Waals surface area (Å²) >= 11 is 0. The molecule has 0 aliphatic carbocycles. The second kappa shape index (κ2) is 2.84. The summed E-state index contributed by atoms with van der Waals surface area (Å²) in [5.74, 6) is 0. The Hall–Kier alpha value is -0.830. The van der Waals surface area contributed by atoms with Gasteiger partial charge in [-0.25, -0.2) is 4.98 Å². The molecule has 0 aliphatic rings. The predicted molar refractivity (Wildman–Crippen MR) is 40.7 cm³/mol. The second-order valence-electron chi connectivity index (χ2n) is 2.43. The van der Waals surface area contributed by atoms with Crippen LogP contribution in [0.4, 0.5) is 0 Å². The topological polar surface area (TPSA) is 43.8 Å². The Labute approximate surface area is 60.9 Å². The molecule has 0 fully saturated rings. The van der Waals surface area contributed by atoms with E-state index in [0.29, 0.717) is 6.54 Å². The van der Waals surface area contributed by atoms with Crippen LogP contribution in [-0.4, -0.2) is 16.1 Å². The smallest absolute Gasteiger partial charge is 0.0948 e. The number of imidazole rings is 1. The van der Waals surface area contributed by atoms with Gasteiger partial charge >= 0.3 is 0 Å². The molecule has 1 aromatic rings. The summed E-state index contributed by atoms with van der Waals surface area (Å²) in [6.45, 7) is 2.73. The summed E-state index contributed by atoms with van der Waals surface area (Å²) < 4.78 is 2.00. The van der Waals surface area contributed by atoms with Gasteiger partial charge in [-0.05, 0) is 13.5 Å². The minimum absolute atomic E-state index is 0.678. The molecule has 2 N–H and O–H groups in total. The van der Waals surface area contributed by atoms with E-state index < -0.39 is 0 Å². The fourth-order valence-corrected chi connectivity index (χ4v) is 0.922. The molecule has 1 rings (SSSR count). The van der Waals surface area contributed by atoms with Crippen molar-refractivity contribution in [3.63, 3.8) is 0 Å². The van der Waals surface area contributed by atoms with Gasteiger partial charge in [-0.15, -0.1) is 0 Å². The summed E-state index contributed by atoms with van der Waals surface area (Å²) in [6, 6.07) is 0. The zero-order valence-corrected chi connectivity index (χ0v) is 6.46.